The number of nitrogens with zero attached hydrogens (tertiary/aromatic N) is 2. The predicted molar refractivity (Wildman–Crippen MR) is 160 cm³/mol. The maximum absolute atomic E-state index is 14.0. The van der Waals surface area contributed by atoms with Gasteiger partial charge in [-0.2, -0.15) is 0 Å². The van der Waals surface area contributed by atoms with Crippen molar-refractivity contribution in [2.75, 3.05) is 17.5 Å². The van der Waals surface area contributed by atoms with Gasteiger partial charge in [0.05, 0.1) is 17.2 Å². The van der Waals surface area contributed by atoms with E-state index in [-0.39, 0.29) is 23.4 Å². The molecule has 0 heterocycles. The van der Waals surface area contributed by atoms with Crippen molar-refractivity contribution in [1.29, 1.82) is 0 Å². The first-order chi connectivity index (χ1) is 20.1. The van der Waals surface area contributed by atoms with Gasteiger partial charge in [0.2, 0.25) is 11.8 Å². The molecule has 10 heteroatoms. The normalized spacial score (nSPS) is 14.3. The number of carbonyl (C=O) groups is 2. The van der Waals surface area contributed by atoms with E-state index in [0.29, 0.717) is 23.6 Å². The van der Waals surface area contributed by atoms with Gasteiger partial charge in [0.1, 0.15) is 24.2 Å². The molecule has 2 amide bonds. The van der Waals surface area contributed by atoms with Crippen LogP contribution >= 0.6 is 0 Å². The monoisotopic (exact) mass is 595 g/mol. The number of amides is 2. The Bertz CT molecular complexity index is 1460. The maximum atomic E-state index is 14.0. The summed E-state index contributed by atoms with van der Waals surface area (Å²) in [4.78, 5) is 28.6. The molecule has 0 aliphatic heterocycles. The van der Waals surface area contributed by atoms with E-state index >= 15 is 0 Å². The van der Waals surface area contributed by atoms with E-state index in [2.05, 4.69) is 5.32 Å². The maximum Gasteiger partial charge on any atom is 0.264 e. The van der Waals surface area contributed by atoms with Gasteiger partial charge in [0.15, 0.2) is 0 Å². The summed E-state index contributed by atoms with van der Waals surface area (Å²) in [5.74, 6) is -0.769. The summed E-state index contributed by atoms with van der Waals surface area (Å²) in [5.41, 5.74) is 1.85. The highest BCUT2D eigenvalue weighted by atomic mass is 32.2. The summed E-state index contributed by atoms with van der Waals surface area (Å²) in [5, 5.41) is 3.04. The number of ether oxygens (including phenoxy) is 1. The number of aryl methyl sites for hydroxylation is 1. The van der Waals surface area contributed by atoms with Crippen molar-refractivity contribution in [3.05, 3.63) is 89.7 Å². The Kier molecular flexibility index (Phi) is 10.2. The zero-order chi connectivity index (χ0) is 30.3. The van der Waals surface area contributed by atoms with Crippen LogP contribution in [0.25, 0.3) is 0 Å². The second-order valence-corrected chi connectivity index (χ2v) is 12.4. The molecule has 42 heavy (non-hydrogen) atoms. The van der Waals surface area contributed by atoms with Gasteiger partial charge in [-0.15, -0.1) is 0 Å². The third kappa shape index (κ3) is 7.67. The van der Waals surface area contributed by atoms with Crippen LogP contribution < -0.4 is 14.4 Å². The molecule has 0 bridgehead atoms. The van der Waals surface area contributed by atoms with Gasteiger partial charge >= 0.3 is 0 Å². The Morgan fingerprint density at radius 1 is 0.976 bits per heavy atom. The number of hydrogen-bond acceptors (Lipinski definition) is 5. The zero-order valence-corrected chi connectivity index (χ0v) is 25.1. The van der Waals surface area contributed by atoms with Crippen molar-refractivity contribution in [2.24, 2.45) is 0 Å². The number of anilines is 1. The minimum Gasteiger partial charge on any atom is -0.494 e. The van der Waals surface area contributed by atoms with E-state index in [9.17, 15) is 22.4 Å². The van der Waals surface area contributed by atoms with Crippen LogP contribution in [-0.2, 0) is 26.2 Å². The molecule has 4 rings (SSSR count). The SMILES string of the molecule is CCOc1ccc(S(=O)(=O)N(CC(=O)N(Cc2ccc(F)cc2)[C@H](C)C(=O)NC2CCCC2)c2ccc(C)cc2)cc1. The summed E-state index contributed by atoms with van der Waals surface area (Å²) >= 11 is 0. The van der Waals surface area contributed by atoms with Gasteiger partial charge in [-0.3, -0.25) is 13.9 Å². The van der Waals surface area contributed by atoms with Crippen LogP contribution in [0.4, 0.5) is 10.1 Å². The highest BCUT2D eigenvalue weighted by Crippen LogP contribution is 2.27. The number of nitrogens with one attached hydrogen (secondary N) is 1. The van der Waals surface area contributed by atoms with E-state index in [4.69, 9.17) is 4.74 Å². The van der Waals surface area contributed by atoms with Crippen LogP contribution in [0, 0.1) is 12.7 Å². The lowest BCUT2D eigenvalue weighted by Gasteiger charge is -2.32. The van der Waals surface area contributed by atoms with Gasteiger partial charge in [-0.25, -0.2) is 12.8 Å². The Morgan fingerprint density at radius 2 is 1.60 bits per heavy atom. The average Bonchev–Trinajstić information content (AvgIpc) is 3.49. The molecule has 0 unspecified atom stereocenters. The Labute approximate surface area is 247 Å². The van der Waals surface area contributed by atoms with Crippen LogP contribution in [0.2, 0.25) is 0 Å². The quantitative estimate of drug-likeness (QED) is 0.310. The fraction of sp³-hybridized carbons (Fsp3) is 0.375. The average molecular weight is 596 g/mol. The molecule has 0 saturated heterocycles. The van der Waals surface area contributed by atoms with E-state index < -0.39 is 34.3 Å². The van der Waals surface area contributed by atoms with Gasteiger partial charge < -0.3 is 15.0 Å². The molecule has 1 saturated carbocycles. The van der Waals surface area contributed by atoms with Crippen LogP contribution in [0.3, 0.4) is 0 Å². The molecule has 8 nitrogen and oxygen atoms in total. The number of rotatable bonds is 12. The third-order valence-electron chi connectivity index (χ3n) is 7.46. The lowest BCUT2D eigenvalue weighted by atomic mass is 10.1. The molecule has 0 aromatic heterocycles. The minimum absolute atomic E-state index is 0.00318. The first kappa shape index (κ1) is 31.0. The molecule has 1 N–H and O–H groups in total. The predicted octanol–water partition coefficient (Wildman–Crippen LogP) is 5.20. The molecule has 0 spiro atoms. The number of halogens is 1. The van der Waals surface area contributed by atoms with E-state index in [1.807, 2.05) is 13.8 Å². The standard InChI is InChI=1S/C32H38FN3O5S/c1-4-41-29-17-19-30(20-18-29)42(39,40)36(28-15-9-23(2)10-16-28)22-31(37)35(21-25-11-13-26(33)14-12-25)24(3)32(38)34-27-7-5-6-8-27/h9-20,24,27H,4-8,21-22H2,1-3H3,(H,34,38)/t24-/m1/s1. The summed E-state index contributed by atoms with van der Waals surface area (Å²) in [7, 11) is -4.19. The van der Waals surface area contributed by atoms with Crippen LogP contribution in [0.5, 0.6) is 5.75 Å². The summed E-state index contributed by atoms with van der Waals surface area (Å²) in [6.45, 7) is 5.25. The molecule has 3 aromatic rings. The number of carbonyl (C=O) groups excluding carboxylic acids is 2. The molecule has 1 atom stereocenters. The topological polar surface area (TPSA) is 96.0 Å². The highest BCUT2D eigenvalue weighted by Gasteiger charge is 2.33. The Hall–Kier alpha value is -3.92. The van der Waals surface area contributed by atoms with Crippen molar-refractivity contribution >= 4 is 27.5 Å². The number of sulfonamides is 1. The minimum atomic E-state index is -4.19. The summed E-state index contributed by atoms with van der Waals surface area (Å²) in [6.07, 6.45) is 3.83. The smallest absolute Gasteiger partial charge is 0.264 e. The molecular weight excluding hydrogens is 557 g/mol. The van der Waals surface area contributed by atoms with Crippen LogP contribution in [-0.4, -0.2) is 50.4 Å². The van der Waals surface area contributed by atoms with Gasteiger partial charge in [0, 0.05) is 12.6 Å². The summed E-state index contributed by atoms with van der Waals surface area (Å²) in [6, 6.07) is 17.7. The van der Waals surface area contributed by atoms with E-state index in [1.54, 1.807) is 55.5 Å². The highest BCUT2D eigenvalue weighted by molar-refractivity contribution is 7.92. The fourth-order valence-corrected chi connectivity index (χ4v) is 6.42. The van der Waals surface area contributed by atoms with Crippen molar-refractivity contribution < 1.29 is 27.1 Å². The van der Waals surface area contributed by atoms with Gasteiger partial charge in [-0.05, 0) is 87.7 Å². The molecule has 1 aliphatic rings. The Morgan fingerprint density at radius 3 is 2.19 bits per heavy atom. The lowest BCUT2D eigenvalue weighted by molar-refractivity contribution is -0.139. The Balaban J connectivity index is 1.67. The molecular formula is C32H38FN3O5S. The largest absolute Gasteiger partial charge is 0.494 e. The number of hydrogen-bond donors (Lipinski definition) is 1. The fourth-order valence-electron chi connectivity index (χ4n) is 5.00. The molecule has 1 fully saturated rings. The van der Waals surface area contributed by atoms with E-state index in [1.165, 1.54) is 29.2 Å². The van der Waals surface area contributed by atoms with E-state index in [0.717, 1.165) is 35.6 Å². The van der Waals surface area contributed by atoms with Gasteiger partial charge in [-0.1, -0.05) is 42.7 Å². The first-order valence-corrected chi connectivity index (χ1v) is 15.7. The van der Waals surface area contributed by atoms with Crippen molar-refractivity contribution in [3.8, 4) is 5.75 Å². The van der Waals surface area contributed by atoms with Crippen molar-refractivity contribution in [2.45, 2.75) is 70.0 Å². The first-order valence-electron chi connectivity index (χ1n) is 14.2. The van der Waals surface area contributed by atoms with Crippen molar-refractivity contribution in [3.63, 3.8) is 0 Å². The second kappa shape index (κ2) is 13.8. The zero-order valence-electron chi connectivity index (χ0n) is 24.3. The lowest BCUT2D eigenvalue weighted by Crippen LogP contribution is -2.52. The molecule has 0 radical (unpaired) electrons. The van der Waals surface area contributed by atoms with Crippen LogP contribution in [0.1, 0.15) is 50.7 Å². The molecule has 3 aromatic carbocycles. The molecule has 224 valence electrons. The number of benzene rings is 3. The van der Waals surface area contributed by atoms with Crippen LogP contribution in [0.15, 0.2) is 77.7 Å². The third-order valence-corrected chi connectivity index (χ3v) is 9.25. The van der Waals surface area contributed by atoms with Gasteiger partial charge in [0.25, 0.3) is 10.0 Å². The molecule has 1 aliphatic carbocycles. The van der Waals surface area contributed by atoms with Crippen molar-refractivity contribution in [1.82, 2.24) is 10.2 Å². The summed E-state index contributed by atoms with van der Waals surface area (Å²) < 4.78 is 48.1. The second-order valence-electron chi connectivity index (χ2n) is 10.6.